The van der Waals surface area contributed by atoms with Crippen LogP contribution in [0.15, 0.2) is 6.33 Å². The van der Waals surface area contributed by atoms with E-state index in [9.17, 15) is 4.79 Å². The minimum absolute atomic E-state index is 0.0982. The van der Waals surface area contributed by atoms with Crippen molar-refractivity contribution < 1.29 is 4.79 Å². The summed E-state index contributed by atoms with van der Waals surface area (Å²) in [6.07, 6.45) is 4.81. The molecule has 0 aliphatic heterocycles. The summed E-state index contributed by atoms with van der Waals surface area (Å²) < 4.78 is 1.86. The van der Waals surface area contributed by atoms with Crippen molar-refractivity contribution in [3.05, 3.63) is 12.2 Å². The Kier molecular flexibility index (Phi) is 6.35. The second-order valence-corrected chi connectivity index (χ2v) is 4.68. The van der Waals surface area contributed by atoms with Gasteiger partial charge in [-0.2, -0.15) is 0 Å². The molecular weight excluding hydrogens is 230 g/mol. The van der Waals surface area contributed by atoms with Crippen LogP contribution in [0.3, 0.4) is 0 Å². The molecule has 1 rings (SSSR count). The highest BCUT2D eigenvalue weighted by Gasteiger charge is 2.06. The molecule has 1 aromatic heterocycles. The van der Waals surface area contributed by atoms with Crippen LogP contribution in [0.25, 0.3) is 0 Å². The van der Waals surface area contributed by atoms with Crippen molar-refractivity contribution in [3.63, 3.8) is 0 Å². The van der Waals surface area contributed by atoms with Crippen LogP contribution < -0.4 is 11.1 Å². The fourth-order valence-corrected chi connectivity index (χ4v) is 1.74. The normalized spacial score (nSPS) is 12.4. The fourth-order valence-electron chi connectivity index (χ4n) is 1.74. The monoisotopic (exact) mass is 253 g/mol. The highest BCUT2D eigenvalue weighted by molar-refractivity contribution is 5.75. The van der Waals surface area contributed by atoms with Crippen LogP contribution in [-0.4, -0.2) is 33.8 Å². The first-order valence-electron chi connectivity index (χ1n) is 6.43. The quantitative estimate of drug-likeness (QED) is 0.695. The molecular formula is C12H23N5O. The van der Waals surface area contributed by atoms with Crippen LogP contribution in [0.1, 0.15) is 32.0 Å². The van der Waals surface area contributed by atoms with Gasteiger partial charge in [0, 0.05) is 26.4 Å². The number of nitrogens with zero attached hydrogens (tertiary/aromatic N) is 3. The first kappa shape index (κ1) is 14.6. The van der Waals surface area contributed by atoms with Gasteiger partial charge in [0.1, 0.15) is 12.2 Å². The Bertz CT molecular complexity index is 363. The lowest BCUT2D eigenvalue weighted by Gasteiger charge is -2.09. The van der Waals surface area contributed by atoms with E-state index in [0.717, 1.165) is 18.7 Å². The molecule has 0 radical (unpaired) electrons. The van der Waals surface area contributed by atoms with E-state index < -0.39 is 0 Å². The number of nitrogens with two attached hydrogens (primary N) is 1. The molecule has 0 aliphatic carbocycles. The number of carbonyl (C=O) groups excluding carboxylic acids is 1. The molecule has 0 bridgehead atoms. The van der Waals surface area contributed by atoms with Gasteiger partial charge >= 0.3 is 0 Å². The number of aryl methyl sites for hydroxylation is 1. The number of aromatic nitrogens is 3. The van der Waals surface area contributed by atoms with Crippen molar-refractivity contribution in [1.29, 1.82) is 0 Å². The van der Waals surface area contributed by atoms with E-state index in [1.54, 1.807) is 6.33 Å². The van der Waals surface area contributed by atoms with E-state index in [-0.39, 0.29) is 5.91 Å². The molecule has 1 amide bonds. The SMILES string of the molecule is CC(CCN)CCC(=O)NCCc1nncn1C. The van der Waals surface area contributed by atoms with Gasteiger partial charge in [-0.15, -0.1) is 10.2 Å². The van der Waals surface area contributed by atoms with Crippen molar-refractivity contribution in [2.75, 3.05) is 13.1 Å². The lowest BCUT2D eigenvalue weighted by molar-refractivity contribution is -0.121. The van der Waals surface area contributed by atoms with Crippen LogP contribution >= 0.6 is 0 Å². The van der Waals surface area contributed by atoms with E-state index in [2.05, 4.69) is 22.4 Å². The second kappa shape index (κ2) is 7.81. The molecule has 0 aliphatic rings. The Morgan fingerprint density at radius 1 is 1.56 bits per heavy atom. The first-order chi connectivity index (χ1) is 8.63. The lowest BCUT2D eigenvalue weighted by Crippen LogP contribution is -2.26. The van der Waals surface area contributed by atoms with Crippen LogP contribution in [0.4, 0.5) is 0 Å². The summed E-state index contributed by atoms with van der Waals surface area (Å²) in [7, 11) is 1.89. The summed E-state index contributed by atoms with van der Waals surface area (Å²) >= 11 is 0. The number of nitrogens with one attached hydrogen (secondary N) is 1. The van der Waals surface area contributed by atoms with Gasteiger partial charge in [0.25, 0.3) is 0 Å². The average molecular weight is 253 g/mol. The lowest BCUT2D eigenvalue weighted by atomic mass is 10.0. The third kappa shape index (κ3) is 5.27. The molecule has 6 heteroatoms. The Labute approximate surface area is 108 Å². The van der Waals surface area contributed by atoms with E-state index in [4.69, 9.17) is 5.73 Å². The standard InChI is InChI=1S/C12H23N5O/c1-10(5-7-13)3-4-12(18)14-8-6-11-16-15-9-17(11)2/h9-10H,3-8,13H2,1-2H3,(H,14,18). The maximum absolute atomic E-state index is 11.6. The van der Waals surface area contributed by atoms with E-state index in [1.165, 1.54) is 0 Å². The van der Waals surface area contributed by atoms with Gasteiger partial charge in [0.05, 0.1) is 0 Å². The molecule has 3 N–H and O–H groups in total. The Hall–Kier alpha value is -1.43. The zero-order valence-corrected chi connectivity index (χ0v) is 11.2. The maximum atomic E-state index is 11.6. The van der Waals surface area contributed by atoms with Crippen molar-refractivity contribution in [3.8, 4) is 0 Å². The predicted molar refractivity (Wildman–Crippen MR) is 69.8 cm³/mol. The van der Waals surface area contributed by atoms with E-state index in [1.807, 2.05) is 11.6 Å². The molecule has 18 heavy (non-hydrogen) atoms. The topological polar surface area (TPSA) is 85.8 Å². The molecule has 0 saturated heterocycles. The maximum Gasteiger partial charge on any atom is 0.220 e. The van der Waals surface area contributed by atoms with Crippen molar-refractivity contribution >= 4 is 5.91 Å². The van der Waals surface area contributed by atoms with Crippen molar-refractivity contribution in [2.45, 2.75) is 32.6 Å². The fraction of sp³-hybridized carbons (Fsp3) is 0.750. The molecule has 102 valence electrons. The first-order valence-corrected chi connectivity index (χ1v) is 6.43. The van der Waals surface area contributed by atoms with Gasteiger partial charge < -0.3 is 15.6 Å². The summed E-state index contributed by atoms with van der Waals surface area (Å²) in [5.74, 6) is 1.49. The van der Waals surface area contributed by atoms with Crippen LogP contribution in [0.2, 0.25) is 0 Å². The van der Waals surface area contributed by atoms with Gasteiger partial charge in [0.15, 0.2) is 0 Å². The second-order valence-electron chi connectivity index (χ2n) is 4.68. The molecule has 1 atom stereocenters. The number of hydrogen-bond acceptors (Lipinski definition) is 4. The molecule has 0 saturated carbocycles. The third-order valence-corrected chi connectivity index (χ3v) is 3.00. The Morgan fingerprint density at radius 3 is 2.94 bits per heavy atom. The highest BCUT2D eigenvalue weighted by Crippen LogP contribution is 2.08. The van der Waals surface area contributed by atoms with E-state index in [0.29, 0.717) is 31.8 Å². The van der Waals surface area contributed by atoms with Gasteiger partial charge in [-0.1, -0.05) is 6.92 Å². The van der Waals surface area contributed by atoms with Crippen molar-refractivity contribution in [2.24, 2.45) is 18.7 Å². The third-order valence-electron chi connectivity index (χ3n) is 3.00. The average Bonchev–Trinajstić information content (AvgIpc) is 2.73. The summed E-state index contributed by atoms with van der Waals surface area (Å²) in [5.41, 5.74) is 5.47. The Balaban J connectivity index is 2.12. The minimum atomic E-state index is 0.0982. The summed E-state index contributed by atoms with van der Waals surface area (Å²) in [4.78, 5) is 11.6. The summed E-state index contributed by atoms with van der Waals surface area (Å²) in [6.45, 7) is 3.42. The number of carbonyl (C=O) groups is 1. The van der Waals surface area contributed by atoms with Crippen LogP contribution in [0, 0.1) is 5.92 Å². The molecule has 0 fully saturated rings. The largest absolute Gasteiger partial charge is 0.356 e. The zero-order chi connectivity index (χ0) is 13.4. The van der Waals surface area contributed by atoms with Gasteiger partial charge in [0.2, 0.25) is 5.91 Å². The van der Waals surface area contributed by atoms with Crippen molar-refractivity contribution in [1.82, 2.24) is 20.1 Å². The van der Waals surface area contributed by atoms with Crippen LogP contribution in [-0.2, 0) is 18.3 Å². The van der Waals surface area contributed by atoms with Gasteiger partial charge in [-0.3, -0.25) is 4.79 Å². The van der Waals surface area contributed by atoms with Gasteiger partial charge in [-0.05, 0) is 25.3 Å². The number of amides is 1. The zero-order valence-electron chi connectivity index (χ0n) is 11.2. The summed E-state index contributed by atoms with van der Waals surface area (Å²) in [5, 5.41) is 10.6. The molecule has 0 spiro atoms. The smallest absolute Gasteiger partial charge is 0.220 e. The number of hydrogen-bond donors (Lipinski definition) is 2. The molecule has 1 unspecified atom stereocenters. The number of rotatable bonds is 8. The summed E-state index contributed by atoms with van der Waals surface area (Å²) in [6, 6.07) is 0. The van der Waals surface area contributed by atoms with Crippen LogP contribution in [0.5, 0.6) is 0 Å². The van der Waals surface area contributed by atoms with E-state index >= 15 is 0 Å². The molecule has 6 nitrogen and oxygen atoms in total. The molecule has 1 heterocycles. The molecule has 1 aromatic rings. The Morgan fingerprint density at radius 2 is 2.33 bits per heavy atom. The molecule has 0 aromatic carbocycles. The highest BCUT2D eigenvalue weighted by atomic mass is 16.1. The van der Waals surface area contributed by atoms with Gasteiger partial charge in [-0.25, -0.2) is 0 Å². The minimum Gasteiger partial charge on any atom is -0.356 e. The predicted octanol–water partition coefficient (Wildman–Crippen LogP) is 0.239.